The van der Waals surface area contributed by atoms with Gasteiger partial charge in [0.1, 0.15) is 11.4 Å². The third-order valence-corrected chi connectivity index (χ3v) is 5.33. The Bertz CT molecular complexity index is 1210. The molecular formula is C24H17FN2O. The second-order valence-corrected chi connectivity index (χ2v) is 7.09. The maximum Gasteiger partial charge on any atom is 0.195 e. The predicted molar refractivity (Wildman–Crippen MR) is 108 cm³/mol. The first kappa shape index (κ1) is 16.6. The summed E-state index contributed by atoms with van der Waals surface area (Å²) in [5.41, 5.74) is 2.77. The van der Waals surface area contributed by atoms with Crippen LogP contribution in [0.15, 0.2) is 84.9 Å². The number of para-hydroxylation sites is 1. The number of halogens is 1. The van der Waals surface area contributed by atoms with Gasteiger partial charge < -0.3 is 5.32 Å². The molecule has 4 heteroatoms. The lowest BCUT2D eigenvalue weighted by atomic mass is 9.81. The summed E-state index contributed by atoms with van der Waals surface area (Å²) in [7, 11) is 0. The average molecular weight is 368 g/mol. The van der Waals surface area contributed by atoms with Crippen LogP contribution >= 0.6 is 0 Å². The minimum atomic E-state index is -0.932. The number of aromatic nitrogens is 1. The second-order valence-electron chi connectivity index (χ2n) is 7.09. The molecule has 1 aliphatic rings. The summed E-state index contributed by atoms with van der Waals surface area (Å²) in [6.07, 6.45) is 0.372. The summed E-state index contributed by atoms with van der Waals surface area (Å²) >= 11 is 0. The van der Waals surface area contributed by atoms with Gasteiger partial charge in [0, 0.05) is 34.8 Å². The van der Waals surface area contributed by atoms with E-state index in [1.807, 2.05) is 66.7 Å². The van der Waals surface area contributed by atoms with Crippen molar-refractivity contribution in [2.24, 2.45) is 0 Å². The number of carbonyl (C=O) groups excluding carboxylic acids is 1. The molecular weight excluding hydrogens is 351 g/mol. The van der Waals surface area contributed by atoms with Gasteiger partial charge in [-0.3, -0.25) is 9.78 Å². The number of fused-ring (bicyclic) bond motifs is 2. The van der Waals surface area contributed by atoms with Crippen LogP contribution < -0.4 is 5.32 Å². The minimum Gasteiger partial charge on any atom is -0.368 e. The first-order valence-corrected chi connectivity index (χ1v) is 9.18. The number of anilines is 1. The summed E-state index contributed by atoms with van der Waals surface area (Å²) in [5, 5.41) is 4.33. The molecule has 0 fully saturated rings. The molecule has 0 saturated carbocycles. The van der Waals surface area contributed by atoms with Crippen LogP contribution in [-0.4, -0.2) is 10.8 Å². The standard InChI is InChI=1S/C24H17FN2O/c25-18-12-10-16-11-13-19(26-22(16)14-18)15-24(17-6-2-1-3-7-17)23(28)20-8-4-5-9-21(20)27-24/h1-14,27H,15H2. The van der Waals surface area contributed by atoms with E-state index in [2.05, 4.69) is 10.3 Å². The average Bonchev–Trinajstić information content (AvgIpc) is 3.01. The highest BCUT2D eigenvalue weighted by molar-refractivity contribution is 6.13. The number of rotatable bonds is 3. The van der Waals surface area contributed by atoms with Crippen molar-refractivity contribution >= 4 is 22.4 Å². The fourth-order valence-electron chi connectivity index (χ4n) is 3.96. The molecule has 1 N–H and O–H groups in total. The van der Waals surface area contributed by atoms with Gasteiger partial charge in [0.15, 0.2) is 5.78 Å². The van der Waals surface area contributed by atoms with Crippen LogP contribution in [0.3, 0.4) is 0 Å². The number of hydrogen-bond acceptors (Lipinski definition) is 3. The van der Waals surface area contributed by atoms with Gasteiger partial charge >= 0.3 is 0 Å². The zero-order chi connectivity index (χ0) is 19.1. The van der Waals surface area contributed by atoms with E-state index in [0.717, 1.165) is 22.3 Å². The number of hydrogen-bond donors (Lipinski definition) is 1. The summed E-state index contributed by atoms with van der Waals surface area (Å²) in [6.45, 7) is 0. The van der Waals surface area contributed by atoms with E-state index in [4.69, 9.17) is 0 Å². The Morgan fingerprint density at radius 2 is 1.64 bits per heavy atom. The Balaban J connectivity index is 1.64. The van der Waals surface area contributed by atoms with E-state index in [1.165, 1.54) is 12.1 Å². The number of carbonyl (C=O) groups is 1. The number of pyridine rings is 1. The molecule has 28 heavy (non-hydrogen) atoms. The summed E-state index contributed by atoms with van der Waals surface area (Å²) < 4.78 is 13.6. The molecule has 0 saturated heterocycles. The van der Waals surface area contributed by atoms with E-state index in [1.54, 1.807) is 6.07 Å². The quantitative estimate of drug-likeness (QED) is 0.546. The molecule has 136 valence electrons. The van der Waals surface area contributed by atoms with E-state index >= 15 is 0 Å². The third kappa shape index (κ3) is 2.57. The van der Waals surface area contributed by atoms with Crippen molar-refractivity contribution in [3.05, 3.63) is 108 Å². The Hall–Kier alpha value is -3.53. The van der Waals surface area contributed by atoms with Crippen molar-refractivity contribution < 1.29 is 9.18 Å². The number of benzene rings is 3. The number of ketones is 1. The van der Waals surface area contributed by atoms with Crippen molar-refractivity contribution in [3.8, 4) is 0 Å². The van der Waals surface area contributed by atoms with Crippen LogP contribution in [0.2, 0.25) is 0 Å². The zero-order valence-corrected chi connectivity index (χ0v) is 15.0. The molecule has 1 aromatic heterocycles. The summed E-state index contributed by atoms with van der Waals surface area (Å²) in [6, 6.07) is 25.6. The number of nitrogens with one attached hydrogen (secondary N) is 1. The molecule has 1 unspecified atom stereocenters. The number of nitrogens with zero attached hydrogens (tertiary/aromatic N) is 1. The Kier molecular flexibility index (Phi) is 3.72. The molecule has 0 bridgehead atoms. The first-order valence-electron chi connectivity index (χ1n) is 9.18. The highest BCUT2D eigenvalue weighted by atomic mass is 19.1. The van der Waals surface area contributed by atoms with Gasteiger partial charge in [-0.15, -0.1) is 0 Å². The van der Waals surface area contributed by atoms with Gasteiger partial charge in [0.05, 0.1) is 5.52 Å². The SMILES string of the molecule is O=C1c2ccccc2NC1(Cc1ccc2ccc(F)cc2n1)c1ccccc1. The van der Waals surface area contributed by atoms with Crippen LogP contribution in [0.4, 0.5) is 10.1 Å². The van der Waals surface area contributed by atoms with Gasteiger partial charge in [0.2, 0.25) is 0 Å². The van der Waals surface area contributed by atoms with Crippen LogP contribution in [-0.2, 0) is 12.0 Å². The van der Waals surface area contributed by atoms with Gasteiger partial charge in [-0.05, 0) is 35.9 Å². The van der Waals surface area contributed by atoms with Crippen molar-refractivity contribution in [2.75, 3.05) is 5.32 Å². The van der Waals surface area contributed by atoms with E-state index in [0.29, 0.717) is 17.5 Å². The molecule has 3 nitrogen and oxygen atoms in total. The summed E-state index contributed by atoms with van der Waals surface area (Å²) in [5.74, 6) is -0.298. The van der Waals surface area contributed by atoms with Crippen molar-refractivity contribution in [1.29, 1.82) is 0 Å². The monoisotopic (exact) mass is 368 g/mol. The minimum absolute atomic E-state index is 0.0236. The highest BCUT2D eigenvalue weighted by Gasteiger charge is 2.46. The van der Waals surface area contributed by atoms with Gasteiger partial charge in [-0.1, -0.05) is 48.5 Å². The summed E-state index contributed by atoms with van der Waals surface area (Å²) in [4.78, 5) is 18.1. The molecule has 1 atom stereocenters. The fourth-order valence-corrected chi connectivity index (χ4v) is 3.96. The lowest BCUT2D eigenvalue weighted by Crippen LogP contribution is -2.41. The van der Waals surface area contributed by atoms with E-state index in [-0.39, 0.29) is 11.6 Å². The second kappa shape index (κ2) is 6.27. The maximum atomic E-state index is 13.6. The maximum absolute atomic E-state index is 13.6. The third-order valence-electron chi connectivity index (χ3n) is 5.33. The first-order chi connectivity index (χ1) is 13.7. The zero-order valence-electron chi connectivity index (χ0n) is 15.0. The van der Waals surface area contributed by atoms with E-state index in [9.17, 15) is 9.18 Å². The van der Waals surface area contributed by atoms with Crippen molar-refractivity contribution in [2.45, 2.75) is 12.0 Å². The van der Waals surface area contributed by atoms with Crippen molar-refractivity contribution in [1.82, 2.24) is 4.98 Å². The highest BCUT2D eigenvalue weighted by Crippen LogP contribution is 2.41. The van der Waals surface area contributed by atoms with E-state index < -0.39 is 5.54 Å². The van der Waals surface area contributed by atoms with Gasteiger partial charge in [-0.2, -0.15) is 0 Å². The van der Waals surface area contributed by atoms with Crippen LogP contribution in [0.5, 0.6) is 0 Å². The van der Waals surface area contributed by atoms with Crippen LogP contribution in [0.25, 0.3) is 10.9 Å². The Morgan fingerprint density at radius 3 is 2.46 bits per heavy atom. The molecule has 5 rings (SSSR count). The smallest absolute Gasteiger partial charge is 0.195 e. The topological polar surface area (TPSA) is 42.0 Å². The lowest BCUT2D eigenvalue weighted by Gasteiger charge is -2.29. The molecule has 3 aromatic carbocycles. The molecule has 1 aliphatic heterocycles. The Labute approximate surface area is 161 Å². The van der Waals surface area contributed by atoms with Crippen LogP contribution in [0.1, 0.15) is 21.6 Å². The normalized spacial score (nSPS) is 18.1. The predicted octanol–water partition coefficient (Wildman–Crippen LogP) is 5.12. The van der Waals surface area contributed by atoms with Gasteiger partial charge in [-0.25, -0.2) is 4.39 Å². The van der Waals surface area contributed by atoms with Gasteiger partial charge in [0.25, 0.3) is 0 Å². The van der Waals surface area contributed by atoms with Crippen LogP contribution in [0, 0.1) is 5.82 Å². The largest absolute Gasteiger partial charge is 0.368 e. The Morgan fingerprint density at radius 1 is 0.893 bits per heavy atom. The lowest BCUT2D eigenvalue weighted by molar-refractivity contribution is 0.0916. The van der Waals surface area contributed by atoms with Crippen molar-refractivity contribution in [3.63, 3.8) is 0 Å². The molecule has 0 radical (unpaired) electrons. The molecule has 4 aromatic rings. The molecule has 0 spiro atoms. The number of Topliss-reactive ketones (excluding diaryl/α,β-unsaturated/α-hetero) is 1. The fraction of sp³-hybridized carbons (Fsp3) is 0.0833. The molecule has 0 amide bonds. The molecule has 0 aliphatic carbocycles. The molecule has 2 heterocycles.